The molecule has 2 N–H and O–H groups in total. The van der Waals surface area contributed by atoms with Gasteiger partial charge in [-0.3, -0.25) is 0 Å². The molecule has 3 nitrogen and oxygen atoms in total. The molecule has 0 unspecified atom stereocenters. The maximum Gasteiger partial charge on any atom is 0.319 e. The summed E-state index contributed by atoms with van der Waals surface area (Å²) in [7, 11) is 0. The molecule has 2 aromatic rings. The number of hydrogen-bond donors (Lipinski definition) is 2. The standard InChI is InChI=1S/C15H14ClFN2O/c1-10-4-2-5-11(8-10)9-18-15(20)19-14-12(16)6-3-7-13(14)17/h2-8H,9H2,1H3,(H2,18,19,20). The average molecular weight is 293 g/mol. The Morgan fingerprint density at radius 2 is 2.00 bits per heavy atom. The van der Waals surface area contributed by atoms with Gasteiger partial charge in [0.2, 0.25) is 0 Å². The lowest BCUT2D eigenvalue weighted by atomic mass is 10.1. The predicted octanol–water partition coefficient (Wildman–Crippen LogP) is 4.11. The Morgan fingerprint density at radius 3 is 2.70 bits per heavy atom. The van der Waals surface area contributed by atoms with Crippen molar-refractivity contribution in [2.24, 2.45) is 0 Å². The zero-order valence-electron chi connectivity index (χ0n) is 10.9. The number of aryl methyl sites for hydroxylation is 1. The fourth-order valence-corrected chi connectivity index (χ4v) is 1.99. The number of urea groups is 1. The molecule has 2 aromatic carbocycles. The van der Waals surface area contributed by atoms with Crippen molar-refractivity contribution < 1.29 is 9.18 Å². The molecule has 0 aliphatic heterocycles. The molecule has 2 rings (SSSR count). The second kappa shape index (κ2) is 6.39. The Kier molecular flexibility index (Phi) is 4.58. The first kappa shape index (κ1) is 14.3. The molecule has 104 valence electrons. The molecule has 0 radical (unpaired) electrons. The first-order chi connectivity index (χ1) is 9.56. The van der Waals surface area contributed by atoms with Crippen LogP contribution < -0.4 is 10.6 Å². The fourth-order valence-electron chi connectivity index (χ4n) is 1.78. The fraction of sp³-hybridized carbons (Fsp3) is 0.133. The van der Waals surface area contributed by atoms with Gasteiger partial charge >= 0.3 is 6.03 Å². The van der Waals surface area contributed by atoms with Gasteiger partial charge in [-0.1, -0.05) is 47.5 Å². The van der Waals surface area contributed by atoms with Crippen LogP contribution in [0.3, 0.4) is 0 Å². The maximum absolute atomic E-state index is 13.5. The first-order valence-electron chi connectivity index (χ1n) is 6.10. The average Bonchev–Trinajstić information content (AvgIpc) is 2.41. The molecule has 0 saturated heterocycles. The van der Waals surface area contributed by atoms with E-state index in [1.807, 2.05) is 31.2 Å². The topological polar surface area (TPSA) is 41.1 Å². The Bertz CT molecular complexity index is 611. The zero-order valence-corrected chi connectivity index (χ0v) is 11.7. The number of anilines is 1. The van der Waals surface area contributed by atoms with Crippen LogP contribution >= 0.6 is 11.6 Å². The molecule has 0 aliphatic rings. The van der Waals surface area contributed by atoms with Gasteiger partial charge in [0.25, 0.3) is 0 Å². The molecule has 20 heavy (non-hydrogen) atoms. The molecule has 0 bridgehead atoms. The lowest BCUT2D eigenvalue weighted by Crippen LogP contribution is -2.28. The number of nitrogens with one attached hydrogen (secondary N) is 2. The van der Waals surface area contributed by atoms with E-state index in [9.17, 15) is 9.18 Å². The Hall–Kier alpha value is -2.07. The van der Waals surface area contributed by atoms with Crippen LogP contribution in [0.5, 0.6) is 0 Å². The van der Waals surface area contributed by atoms with Gasteiger partial charge in [0, 0.05) is 6.54 Å². The summed E-state index contributed by atoms with van der Waals surface area (Å²) in [5.74, 6) is -0.566. The van der Waals surface area contributed by atoms with Gasteiger partial charge in [-0.25, -0.2) is 9.18 Å². The molecule has 0 spiro atoms. The van der Waals surface area contributed by atoms with Crippen molar-refractivity contribution in [3.05, 3.63) is 64.4 Å². The minimum absolute atomic E-state index is 0.0177. The second-order valence-corrected chi connectivity index (χ2v) is 4.80. The highest BCUT2D eigenvalue weighted by atomic mass is 35.5. The lowest BCUT2D eigenvalue weighted by molar-refractivity contribution is 0.251. The summed E-state index contributed by atoms with van der Waals surface area (Å²) in [4.78, 5) is 11.7. The molecule has 2 amide bonds. The predicted molar refractivity (Wildman–Crippen MR) is 78.4 cm³/mol. The number of carbonyl (C=O) groups is 1. The summed E-state index contributed by atoms with van der Waals surface area (Å²) in [6, 6.07) is 11.5. The van der Waals surface area contributed by atoms with Crippen molar-refractivity contribution in [2.45, 2.75) is 13.5 Å². The number of amides is 2. The van der Waals surface area contributed by atoms with Gasteiger partial charge in [0.05, 0.1) is 10.7 Å². The van der Waals surface area contributed by atoms with Gasteiger partial charge in [0.15, 0.2) is 0 Å². The molecule has 0 saturated carbocycles. The molecule has 0 heterocycles. The van der Waals surface area contributed by atoms with E-state index in [4.69, 9.17) is 11.6 Å². The summed E-state index contributed by atoms with van der Waals surface area (Å²) < 4.78 is 13.5. The highest BCUT2D eigenvalue weighted by Gasteiger charge is 2.10. The molecule has 0 aromatic heterocycles. The van der Waals surface area contributed by atoms with E-state index in [1.54, 1.807) is 0 Å². The van der Waals surface area contributed by atoms with E-state index in [0.717, 1.165) is 11.1 Å². The van der Waals surface area contributed by atoms with Crippen molar-refractivity contribution in [3.8, 4) is 0 Å². The normalized spacial score (nSPS) is 10.2. The van der Waals surface area contributed by atoms with E-state index >= 15 is 0 Å². The van der Waals surface area contributed by atoms with Crippen LogP contribution in [-0.2, 0) is 6.54 Å². The SMILES string of the molecule is Cc1cccc(CNC(=O)Nc2c(F)cccc2Cl)c1. The Labute approximate surface area is 121 Å². The van der Waals surface area contributed by atoms with Crippen molar-refractivity contribution in [2.75, 3.05) is 5.32 Å². The molecule has 0 aliphatic carbocycles. The molecule has 0 atom stereocenters. The van der Waals surface area contributed by atoms with E-state index in [-0.39, 0.29) is 10.7 Å². The largest absolute Gasteiger partial charge is 0.334 e. The number of carbonyl (C=O) groups excluding carboxylic acids is 1. The van der Waals surface area contributed by atoms with E-state index < -0.39 is 11.8 Å². The molecule has 5 heteroatoms. The van der Waals surface area contributed by atoms with Crippen LogP contribution in [0.25, 0.3) is 0 Å². The number of rotatable bonds is 3. The van der Waals surface area contributed by atoms with Crippen LogP contribution in [-0.4, -0.2) is 6.03 Å². The van der Waals surface area contributed by atoms with Gasteiger partial charge < -0.3 is 10.6 Å². The van der Waals surface area contributed by atoms with Gasteiger partial charge in [-0.2, -0.15) is 0 Å². The van der Waals surface area contributed by atoms with Crippen LogP contribution in [0.15, 0.2) is 42.5 Å². The maximum atomic E-state index is 13.5. The van der Waals surface area contributed by atoms with Gasteiger partial charge in [-0.05, 0) is 24.6 Å². The van der Waals surface area contributed by atoms with E-state index in [1.165, 1.54) is 18.2 Å². The van der Waals surface area contributed by atoms with Gasteiger partial charge in [-0.15, -0.1) is 0 Å². The lowest BCUT2D eigenvalue weighted by Gasteiger charge is -2.10. The van der Waals surface area contributed by atoms with Crippen LogP contribution in [0.2, 0.25) is 5.02 Å². The summed E-state index contributed by atoms with van der Waals surface area (Å²) in [5, 5.41) is 5.22. The Balaban J connectivity index is 1.96. The smallest absolute Gasteiger partial charge is 0.319 e. The monoisotopic (exact) mass is 292 g/mol. The van der Waals surface area contributed by atoms with E-state index in [2.05, 4.69) is 10.6 Å². The molecular formula is C15H14ClFN2O. The van der Waals surface area contributed by atoms with Crippen molar-refractivity contribution in [3.63, 3.8) is 0 Å². The van der Waals surface area contributed by atoms with Crippen molar-refractivity contribution in [1.82, 2.24) is 5.32 Å². The van der Waals surface area contributed by atoms with Crippen LogP contribution in [0.4, 0.5) is 14.9 Å². The highest BCUT2D eigenvalue weighted by molar-refractivity contribution is 6.33. The van der Waals surface area contributed by atoms with Crippen LogP contribution in [0, 0.1) is 12.7 Å². The second-order valence-electron chi connectivity index (χ2n) is 4.39. The number of benzene rings is 2. The molecular weight excluding hydrogens is 279 g/mol. The Morgan fingerprint density at radius 1 is 1.25 bits per heavy atom. The van der Waals surface area contributed by atoms with Crippen molar-refractivity contribution in [1.29, 1.82) is 0 Å². The third-order valence-electron chi connectivity index (χ3n) is 2.74. The quantitative estimate of drug-likeness (QED) is 0.878. The number of para-hydroxylation sites is 1. The summed E-state index contributed by atoms with van der Waals surface area (Å²) >= 11 is 5.83. The minimum atomic E-state index is -0.566. The third kappa shape index (κ3) is 3.71. The van der Waals surface area contributed by atoms with Gasteiger partial charge in [0.1, 0.15) is 5.82 Å². The van der Waals surface area contributed by atoms with Crippen LogP contribution in [0.1, 0.15) is 11.1 Å². The van der Waals surface area contributed by atoms with Crippen molar-refractivity contribution >= 4 is 23.3 Å². The van der Waals surface area contributed by atoms with E-state index in [0.29, 0.717) is 6.54 Å². The zero-order chi connectivity index (χ0) is 14.5. The highest BCUT2D eigenvalue weighted by Crippen LogP contribution is 2.24. The summed E-state index contributed by atoms with van der Waals surface area (Å²) in [5.41, 5.74) is 2.07. The minimum Gasteiger partial charge on any atom is -0.334 e. The third-order valence-corrected chi connectivity index (χ3v) is 3.05. The summed E-state index contributed by atoms with van der Waals surface area (Å²) in [6.45, 7) is 2.34. The molecule has 0 fully saturated rings. The summed E-state index contributed by atoms with van der Waals surface area (Å²) in [6.07, 6.45) is 0. The number of hydrogen-bond acceptors (Lipinski definition) is 1. The number of halogens is 2. The first-order valence-corrected chi connectivity index (χ1v) is 6.48.